The number of nitrogens with zero attached hydrogens (tertiary/aromatic N) is 1. The molecule has 2 aromatic rings. The molecule has 1 aromatic heterocycles. The van der Waals surface area contributed by atoms with Crippen LogP contribution in [0, 0.1) is 0 Å². The van der Waals surface area contributed by atoms with Gasteiger partial charge in [0.1, 0.15) is 0 Å². The minimum Gasteiger partial charge on any atom is -0.347 e. The van der Waals surface area contributed by atoms with Gasteiger partial charge in [0.05, 0.1) is 10.5 Å². The molecule has 1 aromatic carbocycles. The van der Waals surface area contributed by atoms with E-state index >= 15 is 0 Å². The summed E-state index contributed by atoms with van der Waals surface area (Å²) in [4.78, 5) is 0. The fourth-order valence-corrected chi connectivity index (χ4v) is 2.64. The average molecular weight is 285 g/mol. The molecule has 4 heteroatoms. The highest BCUT2D eigenvalue weighted by Gasteiger charge is 2.06. The van der Waals surface area contributed by atoms with Crippen molar-refractivity contribution in [2.75, 3.05) is 13.1 Å². The van der Waals surface area contributed by atoms with Crippen molar-refractivity contribution in [1.29, 1.82) is 0 Å². The molecular weight excluding hydrogens is 267 g/mol. The molecule has 0 saturated heterocycles. The van der Waals surface area contributed by atoms with Gasteiger partial charge in [0, 0.05) is 23.2 Å². The molecule has 0 aliphatic carbocycles. The smallest absolute Gasteiger partial charge is 0.0514 e. The van der Waals surface area contributed by atoms with Crippen LogP contribution in [0.15, 0.2) is 24.4 Å². The van der Waals surface area contributed by atoms with Crippen LogP contribution in [0.2, 0.25) is 10.0 Å². The third kappa shape index (κ3) is 3.19. The summed E-state index contributed by atoms with van der Waals surface area (Å²) < 4.78 is 2.21. The van der Waals surface area contributed by atoms with E-state index in [1.807, 2.05) is 12.1 Å². The Morgan fingerprint density at radius 2 is 2.06 bits per heavy atom. The highest BCUT2D eigenvalue weighted by Crippen LogP contribution is 2.28. The molecule has 0 aliphatic heterocycles. The molecule has 0 saturated carbocycles. The lowest BCUT2D eigenvalue weighted by Crippen LogP contribution is -2.17. The zero-order valence-corrected chi connectivity index (χ0v) is 12.1. The lowest BCUT2D eigenvalue weighted by molar-refractivity contribution is 0.587. The number of aromatic nitrogens is 1. The van der Waals surface area contributed by atoms with Crippen molar-refractivity contribution in [3.63, 3.8) is 0 Å². The van der Waals surface area contributed by atoms with Gasteiger partial charge in [-0.15, -0.1) is 0 Å². The van der Waals surface area contributed by atoms with E-state index in [2.05, 4.69) is 23.0 Å². The summed E-state index contributed by atoms with van der Waals surface area (Å²) in [5.41, 5.74) is 1.11. The van der Waals surface area contributed by atoms with Crippen molar-refractivity contribution >= 4 is 34.1 Å². The van der Waals surface area contributed by atoms with Crippen molar-refractivity contribution in [1.82, 2.24) is 9.88 Å². The second kappa shape index (κ2) is 6.46. The van der Waals surface area contributed by atoms with Gasteiger partial charge in [-0.3, -0.25) is 0 Å². The van der Waals surface area contributed by atoms with Gasteiger partial charge in [-0.1, -0.05) is 30.1 Å². The lowest BCUT2D eigenvalue weighted by atomic mass is 10.2. The highest BCUT2D eigenvalue weighted by molar-refractivity contribution is 6.38. The predicted molar refractivity (Wildman–Crippen MR) is 79.7 cm³/mol. The Balaban J connectivity index is 2.05. The zero-order chi connectivity index (χ0) is 13.0. The standard InChI is InChI=1S/C14H18Cl2N2/c1-2-5-17-6-3-7-18-8-4-12-13(16)9-11(15)10-14(12)18/h4,8-10,17H,2-3,5-7H2,1H3. The number of benzene rings is 1. The summed E-state index contributed by atoms with van der Waals surface area (Å²) in [6.07, 6.45) is 4.36. The van der Waals surface area contributed by atoms with Gasteiger partial charge in [0.15, 0.2) is 0 Å². The normalized spacial score (nSPS) is 11.3. The first-order valence-corrected chi connectivity index (χ1v) is 7.12. The van der Waals surface area contributed by atoms with E-state index in [0.29, 0.717) is 5.02 Å². The minimum atomic E-state index is 0.691. The van der Waals surface area contributed by atoms with E-state index in [1.54, 1.807) is 6.07 Å². The van der Waals surface area contributed by atoms with E-state index in [9.17, 15) is 0 Å². The Morgan fingerprint density at radius 3 is 2.83 bits per heavy atom. The number of halogens is 2. The van der Waals surface area contributed by atoms with Gasteiger partial charge in [-0.05, 0) is 44.1 Å². The number of fused-ring (bicyclic) bond motifs is 1. The molecule has 2 nitrogen and oxygen atoms in total. The first-order valence-electron chi connectivity index (χ1n) is 6.37. The van der Waals surface area contributed by atoms with Crippen LogP contribution in [0.1, 0.15) is 19.8 Å². The largest absolute Gasteiger partial charge is 0.347 e. The van der Waals surface area contributed by atoms with Crippen molar-refractivity contribution in [3.8, 4) is 0 Å². The first kappa shape index (κ1) is 13.7. The maximum absolute atomic E-state index is 6.17. The molecule has 1 N–H and O–H groups in total. The van der Waals surface area contributed by atoms with Crippen LogP contribution in [0.5, 0.6) is 0 Å². The quantitative estimate of drug-likeness (QED) is 0.781. The second-order valence-electron chi connectivity index (χ2n) is 4.43. The minimum absolute atomic E-state index is 0.691. The molecule has 0 unspecified atom stereocenters. The van der Waals surface area contributed by atoms with Crippen LogP contribution in [0.3, 0.4) is 0 Å². The number of nitrogens with one attached hydrogen (secondary N) is 1. The molecule has 0 amide bonds. The predicted octanol–water partition coefficient (Wildman–Crippen LogP) is 4.34. The van der Waals surface area contributed by atoms with Crippen LogP contribution in [0.25, 0.3) is 10.9 Å². The monoisotopic (exact) mass is 284 g/mol. The summed E-state index contributed by atoms with van der Waals surface area (Å²) in [5.74, 6) is 0. The Bertz CT molecular complexity index is 520. The molecule has 0 bridgehead atoms. The molecule has 18 heavy (non-hydrogen) atoms. The molecule has 0 fully saturated rings. The van der Waals surface area contributed by atoms with Crippen molar-refractivity contribution in [3.05, 3.63) is 34.4 Å². The van der Waals surface area contributed by atoms with Gasteiger partial charge in [0.2, 0.25) is 0 Å². The van der Waals surface area contributed by atoms with E-state index in [1.165, 1.54) is 6.42 Å². The topological polar surface area (TPSA) is 17.0 Å². The van der Waals surface area contributed by atoms with Crippen LogP contribution in [-0.4, -0.2) is 17.7 Å². The van der Waals surface area contributed by atoms with Crippen LogP contribution in [-0.2, 0) is 6.54 Å². The molecule has 0 spiro atoms. The van der Waals surface area contributed by atoms with Gasteiger partial charge >= 0.3 is 0 Å². The fourth-order valence-electron chi connectivity index (χ4n) is 2.09. The van der Waals surface area contributed by atoms with Gasteiger partial charge in [-0.25, -0.2) is 0 Å². The Labute approximate surface area is 118 Å². The number of hydrogen-bond donors (Lipinski definition) is 1. The van der Waals surface area contributed by atoms with Crippen molar-refractivity contribution in [2.45, 2.75) is 26.3 Å². The van der Waals surface area contributed by atoms with E-state index < -0.39 is 0 Å². The number of hydrogen-bond acceptors (Lipinski definition) is 1. The molecule has 2 rings (SSSR count). The summed E-state index contributed by atoms with van der Waals surface area (Å²) in [7, 11) is 0. The summed E-state index contributed by atoms with van der Waals surface area (Å²) in [6.45, 7) is 5.29. The Kier molecular flexibility index (Phi) is 4.93. The van der Waals surface area contributed by atoms with E-state index in [0.717, 1.165) is 42.0 Å². The Morgan fingerprint density at radius 1 is 1.22 bits per heavy atom. The SMILES string of the molecule is CCCNCCCn1ccc2c(Cl)cc(Cl)cc21. The van der Waals surface area contributed by atoms with Crippen LogP contribution >= 0.6 is 23.2 Å². The first-order chi connectivity index (χ1) is 8.72. The van der Waals surface area contributed by atoms with E-state index in [-0.39, 0.29) is 0 Å². The number of rotatable bonds is 6. The summed E-state index contributed by atoms with van der Waals surface area (Å²) >= 11 is 12.2. The van der Waals surface area contributed by atoms with Crippen molar-refractivity contribution < 1.29 is 0 Å². The number of aryl methyl sites for hydroxylation is 1. The maximum atomic E-state index is 6.17. The molecule has 0 radical (unpaired) electrons. The lowest BCUT2D eigenvalue weighted by Gasteiger charge is -2.07. The molecule has 98 valence electrons. The maximum Gasteiger partial charge on any atom is 0.0514 e. The third-order valence-electron chi connectivity index (χ3n) is 2.98. The summed E-state index contributed by atoms with van der Waals surface area (Å²) in [6, 6.07) is 5.81. The Hall–Kier alpha value is -0.700. The molecular formula is C14H18Cl2N2. The van der Waals surface area contributed by atoms with Gasteiger partial charge < -0.3 is 9.88 Å². The molecule has 1 heterocycles. The van der Waals surface area contributed by atoms with Crippen LogP contribution in [0.4, 0.5) is 0 Å². The second-order valence-corrected chi connectivity index (χ2v) is 5.28. The van der Waals surface area contributed by atoms with E-state index in [4.69, 9.17) is 23.2 Å². The fraction of sp³-hybridized carbons (Fsp3) is 0.429. The average Bonchev–Trinajstić information content (AvgIpc) is 2.72. The third-order valence-corrected chi connectivity index (χ3v) is 3.51. The van der Waals surface area contributed by atoms with Gasteiger partial charge in [0.25, 0.3) is 0 Å². The summed E-state index contributed by atoms with van der Waals surface area (Å²) in [5, 5.41) is 5.89. The van der Waals surface area contributed by atoms with Crippen LogP contribution < -0.4 is 5.32 Å². The van der Waals surface area contributed by atoms with Gasteiger partial charge in [-0.2, -0.15) is 0 Å². The zero-order valence-electron chi connectivity index (χ0n) is 10.5. The molecule has 0 atom stereocenters. The highest BCUT2D eigenvalue weighted by atomic mass is 35.5. The molecule has 0 aliphatic rings. The van der Waals surface area contributed by atoms with Crippen molar-refractivity contribution in [2.24, 2.45) is 0 Å².